The third kappa shape index (κ3) is 5.20. The number of phenolic OH excluding ortho intramolecular Hbond substituents is 1. The molecule has 1 amide bonds. The van der Waals surface area contributed by atoms with Crippen molar-refractivity contribution < 1.29 is 14.6 Å². The number of amides is 1. The van der Waals surface area contributed by atoms with Gasteiger partial charge in [-0.2, -0.15) is 0 Å². The Labute approximate surface area is 203 Å². The number of nitrogens with zero attached hydrogens (tertiary/aromatic N) is 4. The Balaban J connectivity index is 1.38. The van der Waals surface area contributed by atoms with E-state index >= 15 is 0 Å². The van der Waals surface area contributed by atoms with Gasteiger partial charge in [-0.05, 0) is 36.4 Å². The van der Waals surface area contributed by atoms with Crippen LogP contribution in [-0.2, 0) is 16.6 Å². The van der Waals surface area contributed by atoms with Gasteiger partial charge in [0.15, 0.2) is 11.0 Å². The molecule has 0 spiro atoms. The number of nitrogens with one attached hydrogen (secondary N) is 1. The zero-order valence-electron chi connectivity index (χ0n) is 17.2. The van der Waals surface area contributed by atoms with E-state index in [1.807, 2.05) is 12.1 Å². The summed E-state index contributed by atoms with van der Waals surface area (Å²) in [6, 6.07) is 10.6. The fourth-order valence-corrected chi connectivity index (χ4v) is 4.71. The predicted octanol–water partition coefficient (Wildman–Crippen LogP) is 4.17. The molecule has 1 aliphatic rings. The van der Waals surface area contributed by atoms with Gasteiger partial charge in [-0.3, -0.25) is 4.79 Å². The molecule has 0 atom stereocenters. The summed E-state index contributed by atoms with van der Waals surface area (Å²) in [6.07, 6.45) is 0. The Morgan fingerprint density at radius 3 is 2.78 bits per heavy atom. The average Bonchev–Trinajstić information content (AvgIpc) is 3.15. The van der Waals surface area contributed by atoms with E-state index in [1.165, 1.54) is 11.8 Å². The minimum atomic E-state index is -0.181. The van der Waals surface area contributed by atoms with Gasteiger partial charge in [0.25, 0.3) is 0 Å². The summed E-state index contributed by atoms with van der Waals surface area (Å²) < 4.78 is 7.94. The number of phenols is 1. The van der Waals surface area contributed by atoms with Crippen molar-refractivity contribution in [3.8, 4) is 17.1 Å². The summed E-state index contributed by atoms with van der Waals surface area (Å²) in [5.74, 6) is 0.590. The zero-order valence-corrected chi connectivity index (χ0v) is 20.4. The number of morpholine rings is 1. The Morgan fingerprint density at radius 1 is 1.25 bits per heavy atom. The van der Waals surface area contributed by atoms with E-state index in [0.29, 0.717) is 40.5 Å². The van der Waals surface area contributed by atoms with E-state index in [-0.39, 0.29) is 17.4 Å². The van der Waals surface area contributed by atoms with Gasteiger partial charge in [0.05, 0.1) is 35.2 Å². The molecule has 8 nitrogen and oxygen atoms in total. The van der Waals surface area contributed by atoms with E-state index in [1.54, 1.807) is 35.9 Å². The number of carbonyl (C=O) groups excluding carboxylic acids is 1. The summed E-state index contributed by atoms with van der Waals surface area (Å²) in [4.78, 5) is 14.6. The molecule has 1 fully saturated rings. The van der Waals surface area contributed by atoms with Crippen LogP contribution < -0.4 is 10.2 Å². The molecule has 0 bridgehead atoms. The van der Waals surface area contributed by atoms with Gasteiger partial charge in [0.2, 0.25) is 5.91 Å². The monoisotopic (exact) mass is 537 g/mol. The van der Waals surface area contributed by atoms with Crippen molar-refractivity contribution in [2.24, 2.45) is 7.05 Å². The highest BCUT2D eigenvalue weighted by Gasteiger charge is 2.17. The number of benzene rings is 2. The topological polar surface area (TPSA) is 92.5 Å². The van der Waals surface area contributed by atoms with Gasteiger partial charge in [0.1, 0.15) is 5.75 Å². The molecule has 0 saturated carbocycles. The third-order valence-corrected chi connectivity index (χ3v) is 6.77. The molecular formula is C21H21BrClN5O3S. The van der Waals surface area contributed by atoms with Gasteiger partial charge in [-0.25, -0.2) is 0 Å². The maximum Gasteiger partial charge on any atom is 0.234 e. The Kier molecular flexibility index (Phi) is 7.24. The number of carbonyl (C=O) groups is 1. The lowest BCUT2D eigenvalue weighted by atomic mass is 10.2. The highest BCUT2D eigenvalue weighted by Crippen LogP contribution is 2.32. The van der Waals surface area contributed by atoms with Crippen molar-refractivity contribution in [1.29, 1.82) is 0 Å². The van der Waals surface area contributed by atoms with Crippen molar-refractivity contribution in [3.63, 3.8) is 0 Å². The maximum absolute atomic E-state index is 12.5. The molecule has 1 aromatic heterocycles. The molecule has 2 N–H and O–H groups in total. The molecule has 3 aromatic rings. The van der Waals surface area contributed by atoms with Crippen molar-refractivity contribution in [3.05, 3.63) is 45.9 Å². The Bertz CT molecular complexity index is 1140. The molecule has 1 aliphatic heterocycles. The second kappa shape index (κ2) is 10.1. The zero-order chi connectivity index (χ0) is 22.7. The quantitative estimate of drug-likeness (QED) is 0.455. The van der Waals surface area contributed by atoms with Crippen molar-refractivity contribution in [2.45, 2.75) is 5.16 Å². The largest absolute Gasteiger partial charge is 0.507 e. The molecule has 0 unspecified atom stereocenters. The van der Waals surface area contributed by atoms with E-state index in [4.69, 9.17) is 16.3 Å². The minimum Gasteiger partial charge on any atom is -0.507 e. The van der Waals surface area contributed by atoms with E-state index in [2.05, 4.69) is 36.3 Å². The van der Waals surface area contributed by atoms with Crippen LogP contribution in [0.5, 0.6) is 5.75 Å². The van der Waals surface area contributed by atoms with Gasteiger partial charge < -0.3 is 24.6 Å². The normalized spacial score (nSPS) is 13.9. The first-order valence-electron chi connectivity index (χ1n) is 9.85. The molecule has 4 rings (SSSR count). The van der Waals surface area contributed by atoms with Crippen LogP contribution in [0.15, 0.2) is 46.0 Å². The van der Waals surface area contributed by atoms with Crippen LogP contribution in [0.2, 0.25) is 5.02 Å². The molecular weight excluding hydrogens is 518 g/mol. The second-order valence-electron chi connectivity index (χ2n) is 7.13. The van der Waals surface area contributed by atoms with Crippen LogP contribution in [-0.4, -0.2) is 57.8 Å². The van der Waals surface area contributed by atoms with Crippen LogP contribution in [0.25, 0.3) is 11.4 Å². The van der Waals surface area contributed by atoms with Crippen LogP contribution in [0.3, 0.4) is 0 Å². The predicted molar refractivity (Wildman–Crippen MR) is 130 cm³/mol. The smallest absolute Gasteiger partial charge is 0.234 e. The number of hydrogen-bond donors (Lipinski definition) is 2. The molecule has 168 valence electrons. The number of anilines is 2. The first-order chi connectivity index (χ1) is 15.4. The van der Waals surface area contributed by atoms with Crippen LogP contribution in [0.4, 0.5) is 11.4 Å². The Hall–Kier alpha value is -2.27. The number of aromatic hydroxyl groups is 1. The van der Waals surface area contributed by atoms with Crippen LogP contribution in [0.1, 0.15) is 0 Å². The number of halogens is 2. The van der Waals surface area contributed by atoms with Crippen LogP contribution >= 0.6 is 39.3 Å². The van der Waals surface area contributed by atoms with E-state index in [9.17, 15) is 9.90 Å². The standard InChI is InChI=1S/C21H21BrClN5O3S/c1-27-20(15-10-13(22)2-5-18(15)29)25-26-21(27)32-12-19(30)24-14-3-4-17(16(23)11-14)28-6-8-31-9-7-28/h2-5,10-11,29H,6-9,12H2,1H3,(H,24,30). The van der Waals surface area contributed by atoms with E-state index < -0.39 is 0 Å². The molecule has 11 heteroatoms. The second-order valence-corrected chi connectivity index (χ2v) is 9.39. The summed E-state index contributed by atoms with van der Waals surface area (Å²) in [5.41, 5.74) is 2.13. The lowest BCUT2D eigenvalue weighted by Crippen LogP contribution is -2.36. The average molecular weight is 539 g/mol. The molecule has 1 saturated heterocycles. The number of thioether (sulfide) groups is 1. The van der Waals surface area contributed by atoms with Gasteiger partial charge in [-0.15, -0.1) is 10.2 Å². The first kappa shape index (κ1) is 22.9. The Morgan fingerprint density at radius 2 is 2.03 bits per heavy atom. The number of aromatic nitrogens is 3. The number of ether oxygens (including phenoxy) is 1. The summed E-state index contributed by atoms with van der Waals surface area (Å²) >= 11 is 11.1. The summed E-state index contributed by atoms with van der Waals surface area (Å²) in [5, 5.41) is 22.5. The summed E-state index contributed by atoms with van der Waals surface area (Å²) in [7, 11) is 1.79. The lowest BCUT2D eigenvalue weighted by molar-refractivity contribution is -0.113. The minimum absolute atomic E-state index is 0.107. The van der Waals surface area contributed by atoms with Gasteiger partial charge in [-0.1, -0.05) is 39.3 Å². The highest BCUT2D eigenvalue weighted by atomic mass is 79.9. The summed E-state index contributed by atoms with van der Waals surface area (Å²) in [6.45, 7) is 2.94. The molecule has 2 aromatic carbocycles. The third-order valence-electron chi connectivity index (χ3n) is 4.95. The molecule has 0 aliphatic carbocycles. The number of rotatable bonds is 6. The van der Waals surface area contributed by atoms with Gasteiger partial charge >= 0.3 is 0 Å². The SMILES string of the molecule is Cn1c(SCC(=O)Nc2ccc(N3CCOCC3)c(Cl)c2)nnc1-c1cc(Br)ccc1O. The first-order valence-corrected chi connectivity index (χ1v) is 12.0. The van der Waals surface area contributed by atoms with Crippen LogP contribution in [0, 0.1) is 0 Å². The number of hydrogen-bond acceptors (Lipinski definition) is 7. The van der Waals surface area contributed by atoms with E-state index in [0.717, 1.165) is 23.2 Å². The fourth-order valence-electron chi connectivity index (χ4n) is 3.34. The van der Waals surface area contributed by atoms with Gasteiger partial charge in [0, 0.05) is 30.3 Å². The van der Waals surface area contributed by atoms with Crippen molar-refractivity contribution in [1.82, 2.24) is 14.8 Å². The fraction of sp³-hybridized carbons (Fsp3) is 0.286. The maximum atomic E-state index is 12.5. The molecule has 0 radical (unpaired) electrons. The molecule has 32 heavy (non-hydrogen) atoms. The van der Waals surface area contributed by atoms with Crippen molar-refractivity contribution >= 4 is 56.6 Å². The molecule has 2 heterocycles. The highest BCUT2D eigenvalue weighted by molar-refractivity contribution is 9.10. The lowest BCUT2D eigenvalue weighted by Gasteiger charge is -2.29. The van der Waals surface area contributed by atoms with Crippen molar-refractivity contribution in [2.75, 3.05) is 42.3 Å².